The van der Waals surface area contributed by atoms with Gasteiger partial charge in [-0.3, -0.25) is 9.69 Å². The highest BCUT2D eigenvalue weighted by molar-refractivity contribution is 5.79. The van der Waals surface area contributed by atoms with E-state index < -0.39 is 0 Å². The third kappa shape index (κ3) is 5.73. The first-order chi connectivity index (χ1) is 17.0. The van der Waals surface area contributed by atoms with Gasteiger partial charge in [0.25, 0.3) is 0 Å². The van der Waals surface area contributed by atoms with Crippen LogP contribution in [0.15, 0.2) is 53.1 Å². The predicted octanol–water partition coefficient (Wildman–Crippen LogP) is 4.73. The summed E-state index contributed by atoms with van der Waals surface area (Å²) >= 11 is 0. The number of likely N-dealkylation sites (tertiary alicyclic amines) is 1. The zero-order valence-electron chi connectivity index (χ0n) is 20.7. The first-order valence-electron chi connectivity index (χ1n) is 12.8. The number of amides is 1. The van der Waals surface area contributed by atoms with Crippen molar-refractivity contribution in [2.24, 2.45) is 5.92 Å². The first-order valence-corrected chi connectivity index (χ1v) is 12.8. The number of nitrogens with zero attached hydrogens (tertiary/aromatic N) is 4. The molecule has 2 atom stereocenters. The molecule has 1 aromatic heterocycles. The van der Waals surface area contributed by atoms with Crippen LogP contribution in [0.2, 0.25) is 0 Å². The summed E-state index contributed by atoms with van der Waals surface area (Å²) in [6.07, 6.45) is 4.43. The third-order valence-electron chi connectivity index (χ3n) is 7.20. The minimum absolute atomic E-state index is 0.0154. The van der Waals surface area contributed by atoms with Crippen molar-refractivity contribution in [3.63, 3.8) is 0 Å². The standard InChI is InChI=1S/C28H35N5O2/c1-20-7-5-8-23(17-20)27-30-26(35-31-27)19-32-14-6-9-24(18-32)28(34)29-21(2)22-10-12-25(13-11-22)33-15-3-4-16-33/h5,7-8,10-13,17,21,24H,3-4,6,9,14-16,18-19H2,1-2H3,(H,29,34). The molecule has 0 bridgehead atoms. The summed E-state index contributed by atoms with van der Waals surface area (Å²) in [4.78, 5) is 22.3. The zero-order valence-corrected chi connectivity index (χ0v) is 20.7. The van der Waals surface area contributed by atoms with E-state index >= 15 is 0 Å². The minimum atomic E-state index is -0.0331. The molecular formula is C28H35N5O2. The lowest BCUT2D eigenvalue weighted by Gasteiger charge is -2.31. The van der Waals surface area contributed by atoms with Gasteiger partial charge in [0.05, 0.1) is 18.5 Å². The molecule has 0 spiro atoms. The Balaban J connectivity index is 1.15. The fourth-order valence-corrected chi connectivity index (χ4v) is 5.19. The van der Waals surface area contributed by atoms with E-state index in [9.17, 15) is 4.79 Å². The second-order valence-electron chi connectivity index (χ2n) is 9.97. The maximum absolute atomic E-state index is 13.1. The van der Waals surface area contributed by atoms with Gasteiger partial charge < -0.3 is 14.7 Å². The number of nitrogens with one attached hydrogen (secondary N) is 1. The van der Waals surface area contributed by atoms with E-state index in [1.165, 1.54) is 18.5 Å². The molecule has 5 rings (SSSR count). The van der Waals surface area contributed by atoms with Crippen molar-refractivity contribution in [3.05, 3.63) is 65.5 Å². The Morgan fingerprint density at radius 3 is 2.69 bits per heavy atom. The van der Waals surface area contributed by atoms with Crippen molar-refractivity contribution in [2.75, 3.05) is 31.1 Å². The predicted molar refractivity (Wildman–Crippen MR) is 137 cm³/mol. The molecule has 35 heavy (non-hydrogen) atoms. The summed E-state index contributed by atoms with van der Waals surface area (Å²) in [5, 5.41) is 7.40. The molecule has 2 aromatic carbocycles. The van der Waals surface area contributed by atoms with Crippen molar-refractivity contribution in [1.82, 2.24) is 20.4 Å². The van der Waals surface area contributed by atoms with Gasteiger partial charge in [0.15, 0.2) is 0 Å². The van der Waals surface area contributed by atoms with Gasteiger partial charge in [-0.25, -0.2) is 0 Å². The molecule has 1 N–H and O–H groups in total. The summed E-state index contributed by atoms with van der Waals surface area (Å²) < 4.78 is 5.52. The zero-order chi connectivity index (χ0) is 24.2. The van der Waals surface area contributed by atoms with Crippen molar-refractivity contribution >= 4 is 11.6 Å². The number of rotatable bonds is 7. The summed E-state index contributed by atoms with van der Waals surface area (Å²) in [5.41, 5.74) is 4.54. The smallest absolute Gasteiger partial charge is 0.241 e. The molecule has 3 heterocycles. The summed E-state index contributed by atoms with van der Waals surface area (Å²) in [7, 11) is 0. The second kappa shape index (κ2) is 10.6. The number of aromatic nitrogens is 2. The van der Waals surface area contributed by atoms with E-state index in [-0.39, 0.29) is 17.9 Å². The van der Waals surface area contributed by atoms with Gasteiger partial charge >= 0.3 is 0 Å². The van der Waals surface area contributed by atoms with Crippen LogP contribution in [-0.2, 0) is 11.3 Å². The van der Waals surface area contributed by atoms with E-state index in [2.05, 4.69) is 62.5 Å². The number of benzene rings is 2. The molecule has 3 aromatic rings. The molecule has 2 aliphatic heterocycles. The van der Waals surface area contributed by atoms with Crippen LogP contribution in [0.25, 0.3) is 11.4 Å². The number of carbonyl (C=O) groups excluding carboxylic acids is 1. The lowest BCUT2D eigenvalue weighted by atomic mass is 9.96. The van der Waals surface area contributed by atoms with Crippen LogP contribution < -0.4 is 10.2 Å². The summed E-state index contributed by atoms with van der Waals surface area (Å²) in [5.74, 6) is 1.29. The lowest BCUT2D eigenvalue weighted by Crippen LogP contribution is -2.43. The number of carbonyl (C=O) groups is 1. The van der Waals surface area contributed by atoms with Gasteiger partial charge in [-0.05, 0) is 69.8 Å². The van der Waals surface area contributed by atoms with E-state index in [1.54, 1.807) is 0 Å². The molecule has 0 saturated carbocycles. The highest BCUT2D eigenvalue weighted by Gasteiger charge is 2.28. The average molecular weight is 474 g/mol. The maximum atomic E-state index is 13.1. The molecule has 0 radical (unpaired) electrons. The van der Waals surface area contributed by atoms with Gasteiger partial charge in [-0.2, -0.15) is 4.98 Å². The summed E-state index contributed by atoms with van der Waals surface area (Å²) in [6.45, 7) is 8.59. The number of anilines is 1. The van der Waals surface area contributed by atoms with Crippen molar-refractivity contribution in [3.8, 4) is 11.4 Å². The Morgan fingerprint density at radius 1 is 1.11 bits per heavy atom. The van der Waals surface area contributed by atoms with Crippen LogP contribution in [0.3, 0.4) is 0 Å². The van der Waals surface area contributed by atoms with Gasteiger partial charge in [-0.1, -0.05) is 41.1 Å². The van der Waals surface area contributed by atoms with Gasteiger partial charge in [0.2, 0.25) is 17.6 Å². The van der Waals surface area contributed by atoms with Crippen LogP contribution in [0.5, 0.6) is 0 Å². The maximum Gasteiger partial charge on any atom is 0.241 e. The van der Waals surface area contributed by atoms with Crippen molar-refractivity contribution < 1.29 is 9.32 Å². The topological polar surface area (TPSA) is 74.5 Å². The monoisotopic (exact) mass is 473 g/mol. The third-order valence-corrected chi connectivity index (χ3v) is 7.20. The van der Waals surface area contributed by atoms with Crippen LogP contribution in [-0.4, -0.2) is 47.1 Å². The largest absolute Gasteiger partial charge is 0.372 e. The minimum Gasteiger partial charge on any atom is -0.372 e. The molecule has 2 unspecified atom stereocenters. The second-order valence-corrected chi connectivity index (χ2v) is 9.97. The van der Waals surface area contributed by atoms with E-state index in [1.807, 2.05) is 25.1 Å². The van der Waals surface area contributed by atoms with Crippen LogP contribution in [0.1, 0.15) is 55.7 Å². The summed E-state index contributed by atoms with van der Waals surface area (Å²) in [6, 6.07) is 16.7. The Labute approximate surface area is 207 Å². The fraction of sp³-hybridized carbons (Fsp3) is 0.464. The normalized spacial score (nSPS) is 19.6. The SMILES string of the molecule is Cc1cccc(-c2noc(CN3CCCC(C(=O)NC(C)c4ccc(N5CCCC5)cc4)C3)n2)c1. The quantitative estimate of drug-likeness (QED) is 0.535. The molecular weight excluding hydrogens is 438 g/mol. The fourth-order valence-electron chi connectivity index (χ4n) is 5.19. The Bertz CT molecular complexity index is 1140. The highest BCUT2D eigenvalue weighted by atomic mass is 16.5. The van der Waals surface area contributed by atoms with E-state index in [0.29, 0.717) is 24.8 Å². The van der Waals surface area contributed by atoms with Crippen LogP contribution in [0, 0.1) is 12.8 Å². The Morgan fingerprint density at radius 2 is 1.91 bits per heavy atom. The first kappa shape index (κ1) is 23.5. The molecule has 0 aliphatic carbocycles. The molecule has 7 heteroatoms. The number of hydrogen-bond acceptors (Lipinski definition) is 6. The van der Waals surface area contributed by atoms with Crippen molar-refractivity contribution in [2.45, 2.75) is 52.1 Å². The van der Waals surface area contributed by atoms with Gasteiger partial charge in [-0.15, -0.1) is 0 Å². The van der Waals surface area contributed by atoms with Gasteiger partial charge in [0.1, 0.15) is 0 Å². The average Bonchev–Trinajstić information content (AvgIpc) is 3.57. The molecule has 2 fully saturated rings. The lowest BCUT2D eigenvalue weighted by molar-refractivity contribution is -0.127. The molecule has 7 nitrogen and oxygen atoms in total. The Kier molecular flexibility index (Phi) is 7.13. The molecule has 184 valence electrons. The molecule has 1 amide bonds. The Hall–Kier alpha value is -3.19. The van der Waals surface area contributed by atoms with E-state index in [4.69, 9.17) is 4.52 Å². The van der Waals surface area contributed by atoms with Crippen LogP contribution >= 0.6 is 0 Å². The number of piperidine rings is 1. The van der Waals surface area contributed by atoms with Crippen molar-refractivity contribution in [1.29, 1.82) is 0 Å². The molecule has 2 aliphatic rings. The van der Waals surface area contributed by atoms with Crippen LogP contribution in [0.4, 0.5) is 5.69 Å². The molecule has 2 saturated heterocycles. The number of hydrogen-bond donors (Lipinski definition) is 1. The number of aryl methyl sites for hydroxylation is 1. The van der Waals surface area contributed by atoms with Gasteiger partial charge in [0, 0.05) is 30.9 Å². The highest BCUT2D eigenvalue weighted by Crippen LogP contribution is 2.24. The van der Waals surface area contributed by atoms with E-state index in [0.717, 1.165) is 49.2 Å².